The zero-order chi connectivity index (χ0) is 21.8. The van der Waals surface area contributed by atoms with Gasteiger partial charge in [-0.25, -0.2) is 0 Å². The molecule has 1 aliphatic heterocycles. The molecule has 1 aromatic rings. The number of carbonyl (C=O) groups is 4. The van der Waals surface area contributed by atoms with Crippen molar-refractivity contribution >= 4 is 23.6 Å². The van der Waals surface area contributed by atoms with Crippen LogP contribution >= 0.6 is 0 Å². The van der Waals surface area contributed by atoms with Gasteiger partial charge in [-0.2, -0.15) is 0 Å². The Balaban J connectivity index is 1.91. The zero-order valence-electron chi connectivity index (χ0n) is 17.7. The van der Waals surface area contributed by atoms with Crippen molar-refractivity contribution in [3.8, 4) is 0 Å². The lowest BCUT2D eigenvalue weighted by atomic mass is 10.0. The third-order valence-corrected chi connectivity index (χ3v) is 5.25. The van der Waals surface area contributed by atoms with Crippen LogP contribution < -0.4 is 16.0 Å². The summed E-state index contributed by atoms with van der Waals surface area (Å²) in [5, 5.41) is 7.75. The van der Waals surface area contributed by atoms with Gasteiger partial charge in [0.05, 0.1) is 0 Å². The largest absolute Gasteiger partial charge is 0.344 e. The fraction of sp³-hybridized carbons (Fsp3) is 0.565. The van der Waals surface area contributed by atoms with E-state index in [1.165, 1.54) is 19.3 Å². The Morgan fingerprint density at radius 2 is 1.77 bits per heavy atom. The zero-order valence-corrected chi connectivity index (χ0v) is 17.7. The van der Waals surface area contributed by atoms with Crippen LogP contribution in [0.4, 0.5) is 0 Å². The topological polar surface area (TPSA) is 104 Å². The Morgan fingerprint density at radius 3 is 2.47 bits per heavy atom. The average Bonchev–Trinajstić information content (AvgIpc) is 2.73. The van der Waals surface area contributed by atoms with Crippen LogP contribution in [0.2, 0.25) is 0 Å². The van der Waals surface area contributed by atoms with E-state index >= 15 is 0 Å². The predicted molar refractivity (Wildman–Crippen MR) is 114 cm³/mol. The summed E-state index contributed by atoms with van der Waals surface area (Å²) in [6.45, 7) is 2.17. The number of rotatable bonds is 12. The number of amides is 4. The molecular formula is C23H33N3O4. The lowest BCUT2D eigenvalue weighted by Gasteiger charge is -2.25. The molecule has 0 spiro atoms. The summed E-state index contributed by atoms with van der Waals surface area (Å²) in [6.07, 6.45) is 7.65. The predicted octanol–water partition coefficient (Wildman–Crippen LogP) is 2.39. The first-order chi connectivity index (χ1) is 14.5. The van der Waals surface area contributed by atoms with Crippen LogP contribution in [0.25, 0.3) is 0 Å². The Bertz CT molecular complexity index is 720. The van der Waals surface area contributed by atoms with Crippen molar-refractivity contribution in [3.05, 3.63) is 35.9 Å². The minimum Gasteiger partial charge on any atom is -0.344 e. The molecule has 2 atom stereocenters. The number of piperidine rings is 1. The highest BCUT2D eigenvalue weighted by atomic mass is 16.2. The second-order valence-electron chi connectivity index (χ2n) is 7.84. The second kappa shape index (κ2) is 12.8. The minimum atomic E-state index is -0.773. The highest BCUT2D eigenvalue weighted by Gasteiger charge is 2.30. The van der Waals surface area contributed by atoms with Gasteiger partial charge >= 0.3 is 0 Å². The number of imide groups is 1. The van der Waals surface area contributed by atoms with E-state index in [1.807, 2.05) is 30.3 Å². The summed E-state index contributed by atoms with van der Waals surface area (Å²) >= 11 is 0. The van der Waals surface area contributed by atoms with Gasteiger partial charge in [0, 0.05) is 19.3 Å². The Labute approximate surface area is 178 Å². The monoisotopic (exact) mass is 415 g/mol. The molecule has 0 radical (unpaired) electrons. The number of unbranched alkanes of at least 4 members (excludes halogenated alkanes) is 5. The van der Waals surface area contributed by atoms with E-state index in [4.69, 9.17) is 0 Å². The molecule has 1 aromatic carbocycles. The van der Waals surface area contributed by atoms with Gasteiger partial charge in [-0.05, 0) is 18.4 Å². The van der Waals surface area contributed by atoms with E-state index < -0.39 is 23.9 Å². The van der Waals surface area contributed by atoms with Crippen LogP contribution in [0.15, 0.2) is 30.3 Å². The van der Waals surface area contributed by atoms with E-state index in [-0.39, 0.29) is 24.7 Å². The fourth-order valence-corrected chi connectivity index (χ4v) is 3.50. The molecule has 1 unspecified atom stereocenters. The summed E-state index contributed by atoms with van der Waals surface area (Å²) in [5.41, 5.74) is 0.917. The van der Waals surface area contributed by atoms with Gasteiger partial charge in [-0.15, -0.1) is 0 Å². The van der Waals surface area contributed by atoms with Crippen LogP contribution in [0.5, 0.6) is 0 Å². The molecule has 3 N–H and O–H groups in total. The lowest BCUT2D eigenvalue weighted by Crippen LogP contribution is -2.57. The van der Waals surface area contributed by atoms with Gasteiger partial charge < -0.3 is 10.6 Å². The minimum absolute atomic E-state index is 0.162. The first-order valence-electron chi connectivity index (χ1n) is 11.0. The summed E-state index contributed by atoms with van der Waals surface area (Å²) in [5.74, 6) is -1.41. The number of carbonyl (C=O) groups excluding carboxylic acids is 4. The molecule has 0 saturated carbocycles. The molecule has 2 rings (SSSR count). The van der Waals surface area contributed by atoms with Crippen molar-refractivity contribution in [2.75, 3.05) is 0 Å². The maximum Gasteiger partial charge on any atom is 0.249 e. The lowest BCUT2D eigenvalue weighted by molar-refractivity contribution is -0.137. The molecule has 1 aliphatic rings. The van der Waals surface area contributed by atoms with E-state index in [2.05, 4.69) is 22.9 Å². The molecule has 30 heavy (non-hydrogen) atoms. The first kappa shape index (κ1) is 23.6. The molecule has 7 heteroatoms. The number of benzene rings is 1. The van der Waals surface area contributed by atoms with Crippen LogP contribution in [0.3, 0.4) is 0 Å². The maximum absolute atomic E-state index is 12.8. The fourth-order valence-electron chi connectivity index (χ4n) is 3.50. The summed E-state index contributed by atoms with van der Waals surface area (Å²) < 4.78 is 0. The summed E-state index contributed by atoms with van der Waals surface area (Å²) in [6, 6.07) is 7.90. The number of hydrogen-bond donors (Lipinski definition) is 3. The van der Waals surface area contributed by atoms with Gasteiger partial charge in [0.1, 0.15) is 12.1 Å². The van der Waals surface area contributed by atoms with E-state index in [1.54, 1.807) is 0 Å². The van der Waals surface area contributed by atoms with Gasteiger partial charge in [0.15, 0.2) is 0 Å². The molecule has 164 valence electrons. The van der Waals surface area contributed by atoms with Crippen molar-refractivity contribution in [3.63, 3.8) is 0 Å². The molecule has 0 aromatic heterocycles. The maximum atomic E-state index is 12.8. The van der Waals surface area contributed by atoms with Crippen molar-refractivity contribution in [1.82, 2.24) is 16.0 Å². The third-order valence-electron chi connectivity index (χ3n) is 5.25. The molecule has 0 bridgehead atoms. The Hall–Kier alpha value is -2.70. The molecule has 1 fully saturated rings. The highest BCUT2D eigenvalue weighted by Crippen LogP contribution is 2.09. The molecule has 4 amide bonds. The number of hydrogen-bond acceptors (Lipinski definition) is 4. The van der Waals surface area contributed by atoms with E-state index in [0.717, 1.165) is 24.8 Å². The van der Waals surface area contributed by atoms with E-state index in [0.29, 0.717) is 12.8 Å². The molecular weight excluding hydrogens is 382 g/mol. The smallest absolute Gasteiger partial charge is 0.249 e. The van der Waals surface area contributed by atoms with Crippen LogP contribution in [0.1, 0.15) is 70.3 Å². The summed E-state index contributed by atoms with van der Waals surface area (Å²) in [7, 11) is 0. The standard InChI is InChI=1S/C23H33N3O4/c1-2-3-4-5-6-10-13-20(27)24-19(16-17-11-8-7-9-12-17)23(30)25-18-14-15-21(28)26-22(18)29/h7-9,11-12,18-19H,2-6,10,13-16H2,1H3,(H,24,27)(H,25,30)(H,26,28,29)/t18?,19-/m1/s1. The normalized spacial score (nSPS) is 17.2. The Kier molecular flexibility index (Phi) is 10.0. The molecule has 7 nitrogen and oxygen atoms in total. The van der Waals surface area contributed by atoms with Gasteiger partial charge in [-0.3, -0.25) is 24.5 Å². The SMILES string of the molecule is CCCCCCCCC(=O)N[C@H](Cc1ccccc1)C(=O)NC1CCC(=O)NC1=O. The van der Waals surface area contributed by atoms with Gasteiger partial charge in [0.2, 0.25) is 23.6 Å². The average molecular weight is 416 g/mol. The Morgan fingerprint density at radius 1 is 1.07 bits per heavy atom. The molecule has 1 saturated heterocycles. The van der Waals surface area contributed by atoms with Gasteiger partial charge in [-0.1, -0.05) is 69.4 Å². The molecule has 0 aliphatic carbocycles. The van der Waals surface area contributed by atoms with E-state index in [9.17, 15) is 19.2 Å². The highest BCUT2D eigenvalue weighted by molar-refractivity contribution is 6.02. The van der Waals surface area contributed by atoms with Crippen LogP contribution in [-0.2, 0) is 25.6 Å². The number of nitrogens with one attached hydrogen (secondary N) is 3. The molecule has 1 heterocycles. The van der Waals surface area contributed by atoms with Crippen molar-refractivity contribution in [1.29, 1.82) is 0 Å². The second-order valence-corrected chi connectivity index (χ2v) is 7.84. The van der Waals surface area contributed by atoms with Crippen molar-refractivity contribution < 1.29 is 19.2 Å². The van der Waals surface area contributed by atoms with Gasteiger partial charge in [0.25, 0.3) is 0 Å². The van der Waals surface area contributed by atoms with Crippen molar-refractivity contribution in [2.45, 2.75) is 83.2 Å². The first-order valence-corrected chi connectivity index (χ1v) is 11.0. The third kappa shape index (κ3) is 8.35. The quantitative estimate of drug-likeness (QED) is 0.360. The summed E-state index contributed by atoms with van der Waals surface area (Å²) in [4.78, 5) is 48.5. The van der Waals surface area contributed by atoms with Crippen molar-refractivity contribution in [2.24, 2.45) is 0 Å². The van der Waals surface area contributed by atoms with Crippen LogP contribution in [-0.4, -0.2) is 35.7 Å². The van der Waals surface area contributed by atoms with Crippen LogP contribution in [0, 0.1) is 0 Å².